The first-order valence-corrected chi connectivity index (χ1v) is 10.5. The molecule has 0 bridgehead atoms. The Kier molecular flexibility index (Phi) is 5.18. The zero-order valence-corrected chi connectivity index (χ0v) is 16.2. The molecule has 1 aliphatic rings. The van der Waals surface area contributed by atoms with Crippen LogP contribution < -0.4 is 10.7 Å². The number of ether oxygens (including phenoxy) is 1. The lowest BCUT2D eigenvalue weighted by atomic mass is 10.1. The number of amides is 1. The van der Waals surface area contributed by atoms with Gasteiger partial charge in [-0.1, -0.05) is 18.2 Å². The molecule has 4 rings (SSSR count). The van der Waals surface area contributed by atoms with Crippen LogP contribution in [0.3, 0.4) is 0 Å². The number of sulfonamides is 1. The van der Waals surface area contributed by atoms with Crippen LogP contribution in [0.2, 0.25) is 0 Å². The molecule has 1 aromatic heterocycles. The normalized spacial score (nSPS) is 15.3. The number of anilines is 1. The summed E-state index contributed by atoms with van der Waals surface area (Å²) < 4.78 is 32.2. The van der Waals surface area contributed by atoms with Crippen LogP contribution >= 0.6 is 0 Å². The average Bonchev–Trinajstić information content (AvgIpc) is 2.75. The largest absolute Gasteiger partial charge is 0.379 e. The van der Waals surface area contributed by atoms with E-state index in [9.17, 15) is 18.0 Å². The Morgan fingerprint density at radius 2 is 1.83 bits per heavy atom. The molecule has 9 heteroatoms. The SMILES string of the molecule is O=C(Nc1cccc(S(=O)(=O)N2CCOCC2)c1)c1c[nH]c2ccccc2c1=O. The molecule has 2 N–H and O–H groups in total. The second-order valence-electron chi connectivity index (χ2n) is 6.58. The molecule has 0 saturated carbocycles. The highest BCUT2D eigenvalue weighted by Gasteiger charge is 2.26. The highest BCUT2D eigenvalue weighted by molar-refractivity contribution is 7.89. The third kappa shape index (κ3) is 3.80. The van der Waals surface area contributed by atoms with Crippen molar-refractivity contribution in [2.24, 2.45) is 0 Å². The van der Waals surface area contributed by atoms with Crippen molar-refractivity contribution in [2.45, 2.75) is 4.90 Å². The first-order valence-electron chi connectivity index (χ1n) is 9.06. The Labute approximate surface area is 167 Å². The highest BCUT2D eigenvalue weighted by atomic mass is 32.2. The lowest BCUT2D eigenvalue weighted by Gasteiger charge is -2.26. The maximum atomic E-state index is 12.8. The molecule has 29 heavy (non-hydrogen) atoms. The molecule has 1 aliphatic heterocycles. The number of nitrogens with one attached hydrogen (secondary N) is 2. The van der Waals surface area contributed by atoms with Gasteiger partial charge in [0.05, 0.1) is 18.1 Å². The fraction of sp³-hybridized carbons (Fsp3) is 0.200. The number of aromatic nitrogens is 1. The molecule has 8 nitrogen and oxygen atoms in total. The smallest absolute Gasteiger partial charge is 0.261 e. The minimum absolute atomic E-state index is 0.0508. The molecule has 1 amide bonds. The molecular weight excluding hydrogens is 394 g/mol. The van der Waals surface area contributed by atoms with Crippen molar-refractivity contribution >= 4 is 32.5 Å². The molecule has 0 radical (unpaired) electrons. The number of nitrogens with zero attached hydrogens (tertiary/aromatic N) is 1. The fourth-order valence-corrected chi connectivity index (χ4v) is 4.66. The van der Waals surface area contributed by atoms with E-state index >= 15 is 0 Å². The molecule has 1 saturated heterocycles. The molecule has 2 aromatic carbocycles. The first-order chi connectivity index (χ1) is 14.0. The summed E-state index contributed by atoms with van der Waals surface area (Å²) in [7, 11) is -3.69. The number of para-hydroxylation sites is 1. The molecular formula is C20H19N3O5S. The van der Waals surface area contributed by atoms with Gasteiger partial charge in [0.2, 0.25) is 15.5 Å². The third-order valence-electron chi connectivity index (χ3n) is 4.73. The van der Waals surface area contributed by atoms with Crippen LogP contribution in [-0.2, 0) is 14.8 Å². The van der Waals surface area contributed by atoms with Crippen LogP contribution in [-0.4, -0.2) is 49.9 Å². The van der Waals surface area contributed by atoms with Crippen LogP contribution in [0.1, 0.15) is 10.4 Å². The number of carbonyl (C=O) groups is 1. The van der Waals surface area contributed by atoms with E-state index in [1.165, 1.54) is 22.6 Å². The number of hydrogen-bond donors (Lipinski definition) is 2. The number of morpholine rings is 1. The summed E-state index contributed by atoms with van der Waals surface area (Å²) in [4.78, 5) is 28.2. The van der Waals surface area contributed by atoms with E-state index in [1.54, 1.807) is 36.4 Å². The molecule has 0 unspecified atom stereocenters. The summed E-state index contributed by atoms with van der Waals surface area (Å²) in [5.74, 6) is -0.613. The molecule has 2 heterocycles. The van der Waals surface area contributed by atoms with E-state index < -0.39 is 21.4 Å². The standard InChI is InChI=1S/C20H19N3O5S/c24-19-16-6-1-2-7-18(16)21-13-17(19)20(25)22-14-4-3-5-15(12-14)29(26,27)23-8-10-28-11-9-23/h1-7,12-13H,8-11H2,(H,21,24)(H,22,25). The number of H-pyrrole nitrogens is 1. The summed E-state index contributed by atoms with van der Waals surface area (Å²) >= 11 is 0. The number of fused-ring (bicyclic) bond motifs is 1. The Bertz CT molecular complexity index is 1230. The Morgan fingerprint density at radius 1 is 1.07 bits per heavy atom. The molecule has 0 spiro atoms. The zero-order chi connectivity index (χ0) is 20.4. The first kappa shape index (κ1) is 19.3. The lowest BCUT2D eigenvalue weighted by molar-refractivity contribution is 0.0730. The Hall–Kier alpha value is -3.01. The molecule has 0 atom stereocenters. The topological polar surface area (TPSA) is 109 Å². The molecule has 0 aliphatic carbocycles. The number of benzene rings is 2. The summed E-state index contributed by atoms with van der Waals surface area (Å²) in [5, 5.41) is 3.02. The van der Waals surface area contributed by atoms with E-state index in [0.29, 0.717) is 24.1 Å². The number of rotatable bonds is 4. The number of carbonyl (C=O) groups excluding carboxylic acids is 1. The quantitative estimate of drug-likeness (QED) is 0.678. The Balaban J connectivity index is 1.61. The van der Waals surface area contributed by atoms with Crippen LogP contribution in [0, 0.1) is 0 Å². The van der Waals surface area contributed by atoms with Gasteiger partial charge in [-0.3, -0.25) is 9.59 Å². The van der Waals surface area contributed by atoms with Gasteiger partial charge in [0.25, 0.3) is 5.91 Å². The number of pyridine rings is 1. The summed E-state index contributed by atoms with van der Waals surface area (Å²) in [5.41, 5.74) is 0.476. The zero-order valence-electron chi connectivity index (χ0n) is 15.4. The second-order valence-corrected chi connectivity index (χ2v) is 8.51. The monoisotopic (exact) mass is 413 g/mol. The van der Waals surface area contributed by atoms with Crippen molar-refractivity contribution in [3.63, 3.8) is 0 Å². The average molecular weight is 413 g/mol. The van der Waals surface area contributed by atoms with Gasteiger partial charge in [-0.2, -0.15) is 4.31 Å². The van der Waals surface area contributed by atoms with E-state index in [1.807, 2.05) is 0 Å². The van der Waals surface area contributed by atoms with Gasteiger partial charge in [0, 0.05) is 35.9 Å². The second kappa shape index (κ2) is 7.78. The number of aromatic amines is 1. The van der Waals surface area contributed by atoms with Gasteiger partial charge in [0.1, 0.15) is 5.56 Å². The lowest BCUT2D eigenvalue weighted by Crippen LogP contribution is -2.40. The molecule has 150 valence electrons. The Morgan fingerprint density at radius 3 is 2.62 bits per heavy atom. The predicted octanol–water partition coefficient (Wildman–Crippen LogP) is 1.80. The maximum absolute atomic E-state index is 12.8. The van der Waals surface area contributed by atoms with Gasteiger partial charge in [-0.05, 0) is 30.3 Å². The van der Waals surface area contributed by atoms with Crippen LogP contribution in [0.25, 0.3) is 10.9 Å². The van der Waals surface area contributed by atoms with Crippen molar-refractivity contribution in [2.75, 3.05) is 31.6 Å². The van der Waals surface area contributed by atoms with Crippen molar-refractivity contribution in [3.8, 4) is 0 Å². The van der Waals surface area contributed by atoms with E-state index in [-0.39, 0.29) is 29.2 Å². The van der Waals surface area contributed by atoms with Crippen LogP contribution in [0.4, 0.5) is 5.69 Å². The van der Waals surface area contributed by atoms with Crippen molar-refractivity contribution in [3.05, 3.63) is 70.5 Å². The summed E-state index contributed by atoms with van der Waals surface area (Å²) in [6.07, 6.45) is 1.36. The summed E-state index contributed by atoms with van der Waals surface area (Å²) in [6, 6.07) is 12.9. The van der Waals surface area contributed by atoms with Crippen molar-refractivity contribution < 1.29 is 17.9 Å². The summed E-state index contributed by atoms with van der Waals surface area (Å²) in [6.45, 7) is 1.26. The van der Waals surface area contributed by atoms with E-state index in [4.69, 9.17) is 4.74 Å². The van der Waals surface area contributed by atoms with Crippen LogP contribution in [0.15, 0.2) is 64.4 Å². The van der Waals surface area contributed by atoms with Gasteiger partial charge in [-0.15, -0.1) is 0 Å². The van der Waals surface area contributed by atoms with E-state index in [0.717, 1.165) is 0 Å². The van der Waals surface area contributed by atoms with Crippen molar-refractivity contribution in [1.82, 2.24) is 9.29 Å². The molecule has 1 fully saturated rings. The van der Waals surface area contributed by atoms with E-state index in [2.05, 4.69) is 10.3 Å². The van der Waals surface area contributed by atoms with Gasteiger partial charge >= 0.3 is 0 Å². The fourth-order valence-electron chi connectivity index (χ4n) is 3.20. The predicted molar refractivity (Wildman–Crippen MR) is 109 cm³/mol. The van der Waals surface area contributed by atoms with Crippen molar-refractivity contribution in [1.29, 1.82) is 0 Å². The third-order valence-corrected chi connectivity index (χ3v) is 6.63. The van der Waals surface area contributed by atoms with Gasteiger partial charge in [-0.25, -0.2) is 8.42 Å². The van der Waals surface area contributed by atoms with Gasteiger partial charge < -0.3 is 15.0 Å². The van der Waals surface area contributed by atoms with Gasteiger partial charge in [0.15, 0.2) is 0 Å². The molecule has 3 aromatic rings. The minimum Gasteiger partial charge on any atom is -0.379 e. The highest BCUT2D eigenvalue weighted by Crippen LogP contribution is 2.21. The maximum Gasteiger partial charge on any atom is 0.261 e. The number of hydrogen-bond acceptors (Lipinski definition) is 5. The van der Waals surface area contributed by atoms with Crippen LogP contribution in [0.5, 0.6) is 0 Å². The minimum atomic E-state index is -3.69.